The fourth-order valence-electron chi connectivity index (χ4n) is 3.27. The minimum atomic E-state index is 0.00233. The largest absolute Gasteiger partial charge is 0.484 e. The Balaban J connectivity index is 1.72. The van der Waals surface area contributed by atoms with Gasteiger partial charge in [0.1, 0.15) is 5.75 Å². The van der Waals surface area contributed by atoms with Gasteiger partial charge in [-0.25, -0.2) is 0 Å². The van der Waals surface area contributed by atoms with Gasteiger partial charge in [0.2, 0.25) is 0 Å². The van der Waals surface area contributed by atoms with Crippen molar-refractivity contribution in [3.05, 3.63) is 90.3 Å². The maximum Gasteiger partial charge on any atom is 0.261 e. The van der Waals surface area contributed by atoms with Crippen LogP contribution in [0.2, 0.25) is 0 Å². The highest BCUT2D eigenvalue weighted by atomic mass is 16.5. The highest BCUT2D eigenvalue weighted by Crippen LogP contribution is 2.17. The Labute approximate surface area is 173 Å². The SMILES string of the molecule is CC(C)[C@H](C)N(Cc1cccn1Cc1ccccc1)C(=O)COc1ccccc1. The van der Waals surface area contributed by atoms with Crippen LogP contribution in [0.15, 0.2) is 79.0 Å². The predicted molar refractivity (Wildman–Crippen MR) is 117 cm³/mol. The fourth-order valence-corrected chi connectivity index (χ4v) is 3.27. The first-order valence-electron chi connectivity index (χ1n) is 10.2. The quantitative estimate of drug-likeness (QED) is 0.516. The molecule has 0 spiro atoms. The highest BCUT2D eigenvalue weighted by molar-refractivity contribution is 5.78. The number of benzene rings is 2. The molecule has 29 heavy (non-hydrogen) atoms. The van der Waals surface area contributed by atoms with Crippen LogP contribution in [-0.2, 0) is 17.9 Å². The van der Waals surface area contributed by atoms with Crippen LogP contribution in [0.3, 0.4) is 0 Å². The van der Waals surface area contributed by atoms with E-state index in [1.54, 1.807) is 0 Å². The zero-order valence-corrected chi connectivity index (χ0v) is 17.5. The van der Waals surface area contributed by atoms with Gasteiger partial charge in [0.25, 0.3) is 5.91 Å². The Morgan fingerprint density at radius 2 is 1.59 bits per heavy atom. The number of ether oxygens (including phenoxy) is 1. The highest BCUT2D eigenvalue weighted by Gasteiger charge is 2.24. The van der Waals surface area contributed by atoms with E-state index in [4.69, 9.17) is 4.74 Å². The molecule has 0 aliphatic rings. The maximum absolute atomic E-state index is 13.0. The van der Waals surface area contributed by atoms with Crippen molar-refractivity contribution in [3.63, 3.8) is 0 Å². The number of para-hydroxylation sites is 1. The molecule has 4 nitrogen and oxygen atoms in total. The van der Waals surface area contributed by atoms with Gasteiger partial charge in [-0.2, -0.15) is 0 Å². The molecule has 1 aromatic heterocycles. The van der Waals surface area contributed by atoms with Crippen LogP contribution in [-0.4, -0.2) is 28.0 Å². The molecule has 0 N–H and O–H groups in total. The molecule has 0 unspecified atom stereocenters. The molecule has 0 saturated heterocycles. The molecule has 152 valence electrons. The second-order valence-electron chi connectivity index (χ2n) is 7.72. The van der Waals surface area contributed by atoms with E-state index in [9.17, 15) is 4.79 Å². The van der Waals surface area contributed by atoms with Crippen molar-refractivity contribution in [2.24, 2.45) is 5.92 Å². The Bertz CT molecular complexity index is 887. The fraction of sp³-hybridized carbons (Fsp3) is 0.320. The third-order valence-corrected chi connectivity index (χ3v) is 5.33. The van der Waals surface area contributed by atoms with E-state index in [1.807, 2.05) is 47.4 Å². The minimum absolute atomic E-state index is 0.00233. The summed E-state index contributed by atoms with van der Waals surface area (Å²) in [6, 6.07) is 24.1. The lowest BCUT2D eigenvalue weighted by Crippen LogP contribution is -2.43. The molecular formula is C25H30N2O2. The van der Waals surface area contributed by atoms with E-state index in [-0.39, 0.29) is 18.6 Å². The number of hydrogen-bond acceptors (Lipinski definition) is 2. The van der Waals surface area contributed by atoms with E-state index in [0.717, 1.165) is 12.2 Å². The van der Waals surface area contributed by atoms with Gasteiger partial charge in [0, 0.05) is 24.5 Å². The standard InChI is InChI=1S/C25H30N2O2/c1-20(2)21(3)27(25(28)19-29-24-14-8-5-9-15-24)18-23-13-10-16-26(23)17-22-11-6-4-7-12-22/h4-16,20-21H,17-19H2,1-3H3/t21-/m0/s1. The predicted octanol–water partition coefficient (Wildman–Crippen LogP) is 4.99. The summed E-state index contributed by atoms with van der Waals surface area (Å²) in [6.45, 7) is 7.80. The van der Waals surface area contributed by atoms with Gasteiger partial charge >= 0.3 is 0 Å². The normalized spacial score (nSPS) is 12.0. The summed E-state index contributed by atoms with van der Waals surface area (Å²) in [7, 11) is 0. The molecule has 0 radical (unpaired) electrons. The van der Waals surface area contributed by atoms with Crippen LogP contribution in [0.1, 0.15) is 32.0 Å². The Morgan fingerprint density at radius 3 is 2.24 bits per heavy atom. The summed E-state index contributed by atoms with van der Waals surface area (Å²) in [5.41, 5.74) is 2.36. The zero-order chi connectivity index (χ0) is 20.6. The molecule has 3 aromatic rings. The van der Waals surface area contributed by atoms with Crippen LogP contribution in [0, 0.1) is 5.92 Å². The first kappa shape index (κ1) is 20.7. The molecule has 2 aromatic carbocycles. The third-order valence-electron chi connectivity index (χ3n) is 5.33. The van der Waals surface area contributed by atoms with E-state index in [0.29, 0.717) is 18.2 Å². The van der Waals surface area contributed by atoms with Gasteiger partial charge in [-0.1, -0.05) is 62.4 Å². The average molecular weight is 391 g/mol. The first-order valence-corrected chi connectivity index (χ1v) is 10.2. The molecule has 3 rings (SSSR count). The van der Waals surface area contributed by atoms with Crippen molar-refractivity contribution in [2.45, 2.75) is 39.9 Å². The van der Waals surface area contributed by atoms with E-state index in [2.05, 4.69) is 61.9 Å². The third kappa shape index (κ3) is 5.74. The lowest BCUT2D eigenvalue weighted by Gasteiger charge is -2.32. The van der Waals surface area contributed by atoms with E-state index in [1.165, 1.54) is 5.56 Å². The molecule has 1 atom stereocenters. The number of aromatic nitrogens is 1. The Morgan fingerprint density at radius 1 is 0.931 bits per heavy atom. The van der Waals surface area contributed by atoms with Crippen LogP contribution >= 0.6 is 0 Å². The molecule has 1 amide bonds. The van der Waals surface area contributed by atoms with E-state index >= 15 is 0 Å². The zero-order valence-electron chi connectivity index (χ0n) is 17.5. The average Bonchev–Trinajstić information content (AvgIpc) is 3.17. The van der Waals surface area contributed by atoms with Gasteiger partial charge in [-0.15, -0.1) is 0 Å². The van der Waals surface area contributed by atoms with Crippen molar-refractivity contribution < 1.29 is 9.53 Å². The molecule has 0 bridgehead atoms. The topological polar surface area (TPSA) is 34.5 Å². The molecule has 1 heterocycles. The van der Waals surface area contributed by atoms with Gasteiger partial charge in [0.05, 0.1) is 6.54 Å². The number of amides is 1. The molecular weight excluding hydrogens is 360 g/mol. The Kier molecular flexibility index (Phi) is 7.12. The van der Waals surface area contributed by atoms with Crippen LogP contribution < -0.4 is 4.74 Å². The van der Waals surface area contributed by atoms with Crippen molar-refractivity contribution in [1.29, 1.82) is 0 Å². The lowest BCUT2D eigenvalue weighted by molar-refractivity contribution is -0.137. The molecule has 0 saturated carbocycles. The molecule has 4 heteroatoms. The van der Waals surface area contributed by atoms with Crippen molar-refractivity contribution in [1.82, 2.24) is 9.47 Å². The summed E-state index contributed by atoms with van der Waals surface area (Å²) in [6.07, 6.45) is 2.07. The van der Waals surface area contributed by atoms with Crippen molar-refractivity contribution >= 4 is 5.91 Å². The number of hydrogen-bond donors (Lipinski definition) is 0. The molecule has 0 fully saturated rings. The van der Waals surface area contributed by atoms with Crippen LogP contribution in [0.5, 0.6) is 5.75 Å². The Hall–Kier alpha value is -3.01. The van der Waals surface area contributed by atoms with Gasteiger partial charge in [-0.3, -0.25) is 4.79 Å². The number of rotatable bonds is 9. The molecule has 0 aliphatic heterocycles. The lowest BCUT2D eigenvalue weighted by atomic mass is 10.0. The van der Waals surface area contributed by atoms with Crippen molar-refractivity contribution in [2.75, 3.05) is 6.61 Å². The smallest absolute Gasteiger partial charge is 0.261 e. The summed E-state index contributed by atoms with van der Waals surface area (Å²) >= 11 is 0. The van der Waals surface area contributed by atoms with Crippen molar-refractivity contribution in [3.8, 4) is 5.75 Å². The summed E-state index contributed by atoms with van der Waals surface area (Å²) in [4.78, 5) is 15.0. The number of carbonyl (C=O) groups excluding carboxylic acids is 1. The maximum atomic E-state index is 13.0. The number of carbonyl (C=O) groups is 1. The monoisotopic (exact) mass is 390 g/mol. The van der Waals surface area contributed by atoms with Crippen LogP contribution in [0.4, 0.5) is 0 Å². The second-order valence-corrected chi connectivity index (χ2v) is 7.72. The van der Waals surface area contributed by atoms with E-state index < -0.39 is 0 Å². The van der Waals surface area contributed by atoms with Crippen LogP contribution in [0.25, 0.3) is 0 Å². The first-order chi connectivity index (χ1) is 14.0. The second kappa shape index (κ2) is 9.97. The van der Waals surface area contributed by atoms with Gasteiger partial charge < -0.3 is 14.2 Å². The van der Waals surface area contributed by atoms with Gasteiger partial charge in [0.15, 0.2) is 6.61 Å². The molecule has 0 aliphatic carbocycles. The number of nitrogens with zero attached hydrogens (tertiary/aromatic N) is 2. The summed E-state index contributed by atoms with van der Waals surface area (Å²) in [5, 5.41) is 0. The summed E-state index contributed by atoms with van der Waals surface area (Å²) in [5.74, 6) is 1.07. The summed E-state index contributed by atoms with van der Waals surface area (Å²) < 4.78 is 7.93. The van der Waals surface area contributed by atoms with Gasteiger partial charge in [-0.05, 0) is 42.7 Å². The minimum Gasteiger partial charge on any atom is -0.484 e.